The summed E-state index contributed by atoms with van der Waals surface area (Å²) in [4.78, 5) is 45.1. The molecule has 0 saturated carbocycles. The summed E-state index contributed by atoms with van der Waals surface area (Å²) in [5.41, 5.74) is 0.719. The van der Waals surface area contributed by atoms with Crippen LogP contribution in [0, 0.1) is 0 Å². The average Bonchev–Trinajstić information content (AvgIpc) is 2.65. The summed E-state index contributed by atoms with van der Waals surface area (Å²) in [6, 6.07) is 5.77. The Morgan fingerprint density at radius 1 is 0.733 bits per heavy atom. The van der Waals surface area contributed by atoms with Gasteiger partial charge in [-0.05, 0) is 11.1 Å². The Morgan fingerprint density at radius 3 is 1.43 bits per heavy atom. The van der Waals surface area contributed by atoms with Crippen LogP contribution in [0.3, 0.4) is 0 Å². The zero-order chi connectivity index (χ0) is 22.9. The van der Waals surface area contributed by atoms with Gasteiger partial charge >= 0.3 is 36.1 Å². The molecule has 166 valence electrons. The third-order valence-electron chi connectivity index (χ3n) is 3.00. The van der Waals surface area contributed by atoms with Gasteiger partial charge in [-0.2, -0.15) is 26.3 Å². The zero-order valence-electron chi connectivity index (χ0n) is 14.9. The molecule has 0 aliphatic carbocycles. The van der Waals surface area contributed by atoms with Crippen LogP contribution in [-0.2, 0) is 41.7 Å². The van der Waals surface area contributed by atoms with E-state index in [2.05, 4.69) is 9.47 Å². The largest absolute Gasteiger partial charge is 0.449 e. The van der Waals surface area contributed by atoms with Gasteiger partial charge in [0.25, 0.3) is 0 Å². The van der Waals surface area contributed by atoms with Crippen molar-refractivity contribution in [1.82, 2.24) is 10.6 Å². The van der Waals surface area contributed by atoms with Gasteiger partial charge in [-0.3, -0.25) is 9.59 Å². The normalized spacial score (nSPS) is 11.4. The highest BCUT2D eigenvalue weighted by atomic mass is 19.4. The first-order valence-corrected chi connectivity index (χ1v) is 7.88. The van der Waals surface area contributed by atoms with Gasteiger partial charge in [0.05, 0.1) is 0 Å². The summed E-state index contributed by atoms with van der Waals surface area (Å²) in [6.07, 6.45) is -9.57. The Labute approximate surface area is 164 Å². The van der Waals surface area contributed by atoms with Crippen LogP contribution in [-0.4, -0.2) is 49.3 Å². The molecule has 1 aromatic rings. The molecule has 0 aliphatic rings. The number of hydrogen-bond donors (Lipinski definition) is 2. The number of carbonyl (C=O) groups is 4. The molecular formula is C16H14F6N2O6. The lowest BCUT2D eigenvalue weighted by atomic mass is 10.1. The number of rotatable bonds is 6. The van der Waals surface area contributed by atoms with E-state index in [0.29, 0.717) is 11.1 Å². The molecule has 0 spiro atoms. The summed E-state index contributed by atoms with van der Waals surface area (Å²) in [5.74, 6) is -6.28. The quantitative estimate of drug-likeness (QED) is 0.387. The van der Waals surface area contributed by atoms with Crippen molar-refractivity contribution in [2.24, 2.45) is 0 Å². The van der Waals surface area contributed by atoms with E-state index in [1.165, 1.54) is 24.3 Å². The maximum absolute atomic E-state index is 11.9. The number of nitrogens with one attached hydrogen (secondary N) is 2. The van der Waals surface area contributed by atoms with E-state index in [1.54, 1.807) is 0 Å². The molecule has 2 N–H and O–H groups in total. The van der Waals surface area contributed by atoms with Crippen LogP contribution in [0.1, 0.15) is 11.1 Å². The van der Waals surface area contributed by atoms with E-state index in [4.69, 9.17) is 0 Å². The smallest absolute Gasteiger partial charge is 0.422 e. The monoisotopic (exact) mass is 444 g/mol. The lowest BCUT2D eigenvalue weighted by molar-refractivity contribution is -0.187. The van der Waals surface area contributed by atoms with Crippen molar-refractivity contribution >= 4 is 23.8 Å². The predicted molar refractivity (Wildman–Crippen MR) is 84.2 cm³/mol. The maximum Gasteiger partial charge on any atom is 0.422 e. The average molecular weight is 444 g/mol. The van der Waals surface area contributed by atoms with Gasteiger partial charge in [-0.25, -0.2) is 9.59 Å². The van der Waals surface area contributed by atoms with Crippen LogP contribution in [0.15, 0.2) is 24.3 Å². The van der Waals surface area contributed by atoms with Crippen LogP contribution >= 0.6 is 0 Å². The fraction of sp³-hybridized carbons (Fsp3) is 0.375. The number of benzene rings is 1. The molecule has 0 unspecified atom stereocenters. The molecule has 0 radical (unpaired) electrons. The molecule has 8 nitrogen and oxygen atoms in total. The summed E-state index contributed by atoms with van der Waals surface area (Å²) in [5, 5.41) is 4.05. The molecular weight excluding hydrogens is 430 g/mol. The van der Waals surface area contributed by atoms with Gasteiger partial charge in [-0.1, -0.05) is 24.3 Å². The summed E-state index contributed by atoms with van der Waals surface area (Å²) < 4.78 is 79.1. The molecule has 0 aliphatic heterocycles. The van der Waals surface area contributed by atoms with E-state index in [1.807, 2.05) is 10.6 Å². The number of esters is 2. The van der Waals surface area contributed by atoms with E-state index >= 15 is 0 Å². The second-order valence-corrected chi connectivity index (χ2v) is 5.57. The van der Waals surface area contributed by atoms with E-state index in [-0.39, 0.29) is 13.1 Å². The number of alkyl halides is 6. The van der Waals surface area contributed by atoms with Gasteiger partial charge in [0, 0.05) is 13.1 Å². The predicted octanol–water partition coefficient (Wildman–Crippen LogP) is 1.13. The van der Waals surface area contributed by atoms with E-state index in [0.717, 1.165) is 0 Å². The minimum absolute atomic E-state index is 0.282. The van der Waals surface area contributed by atoms with Gasteiger partial charge in [-0.15, -0.1) is 0 Å². The van der Waals surface area contributed by atoms with Gasteiger partial charge < -0.3 is 20.1 Å². The van der Waals surface area contributed by atoms with Crippen molar-refractivity contribution in [1.29, 1.82) is 0 Å². The molecule has 0 heterocycles. The molecule has 0 atom stereocenters. The third kappa shape index (κ3) is 10.3. The molecule has 0 fully saturated rings. The highest BCUT2D eigenvalue weighted by Gasteiger charge is 2.32. The molecule has 0 bridgehead atoms. The molecule has 30 heavy (non-hydrogen) atoms. The third-order valence-corrected chi connectivity index (χ3v) is 3.00. The SMILES string of the molecule is O=C(NCc1cccc(CNC(=O)C(=O)OCC(F)(F)F)c1)C(=O)OCC(F)(F)F. The summed E-state index contributed by atoms with van der Waals surface area (Å²) in [6.45, 7) is -4.40. The van der Waals surface area contributed by atoms with Crippen molar-refractivity contribution in [3.63, 3.8) is 0 Å². The van der Waals surface area contributed by atoms with Crippen molar-refractivity contribution in [3.8, 4) is 0 Å². The highest BCUT2D eigenvalue weighted by Crippen LogP contribution is 2.15. The van der Waals surface area contributed by atoms with Crippen molar-refractivity contribution in [2.45, 2.75) is 25.4 Å². The Balaban J connectivity index is 2.49. The van der Waals surface area contributed by atoms with E-state index in [9.17, 15) is 45.5 Å². The fourth-order valence-electron chi connectivity index (χ4n) is 1.78. The number of carbonyl (C=O) groups excluding carboxylic acids is 4. The van der Waals surface area contributed by atoms with Crippen LogP contribution in [0.2, 0.25) is 0 Å². The molecule has 2 amide bonds. The van der Waals surface area contributed by atoms with E-state index < -0.39 is 49.3 Å². The molecule has 0 saturated heterocycles. The van der Waals surface area contributed by atoms with Crippen molar-refractivity contribution < 1.29 is 55.0 Å². The summed E-state index contributed by atoms with van der Waals surface area (Å²) >= 11 is 0. The Kier molecular flexibility index (Phi) is 8.61. The zero-order valence-corrected chi connectivity index (χ0v) is 14.9. The fourth-order valence-corrected chi connectivity index (χ4v) is 1.78. The van der Waals surface area contributed by atoms with Crippen LogP contribution in [0.4, 0.5) is 26.3 Å². The van der Waals surface area contributed by atoms with Gasteiger partial charge in [0.1, 0.15) is 0 Å². The van der Waals surface area contributed by atoms with Gasteiger partial charge in [0.15, 0.2) is 13.2 Å². The Hall–Kier alpha value is -3.32. The Morgan fingerprint density at radius 2 is 1.10 bits per heavy atom. The first-order chi connectivity index (χ1) is 13.8. The van der Waals surface area contributed by atoms with Crippen molar-refractivity contribution in [3.05, 3.63) is 35.4 Å². The minimum atomic E-state index is -4.78. The molecule has 1 rings (SSSR count). The second kappa shape index (κ2) is 10.5. The Bertz CT molecular complexity index is 732. The maximum atomic E-state index is 11.9. The first-order valence-electron chi connectivity index (χ1n) is 7.88. The lowest BCUT2D eigenvalue weighted by Crippen LogP contribution is -2.34. The summed E-state index contributed by atoms with van der Waals surface area (Å²) in [7, 11) is 0. The van der Waals surface area contributed by atoms with Crippen LogP contribution in [0.25, 0.3) is 0 Å². The first kappa shape index (κ1) is 24.7. The molecule has 0 aromatic heterocycles. The highest BCUT2D eigenvalue weighted by molar-refractivity contribution is 6.32. The van der Waals surface area contributed by atoms with Crippen LogP contribution < -0.4 is 10.6 Å². The lowest BCUT2D eigenvalue weighted by Gasteiger charge is -2.10. The molecule has 14 heteroatoms. The number of ether oxygens (including phenoxy) is 2. The minimum Gasteiger partial charge on any atom is -0.449 e. The standard InChI is InChI=1S/C16H14F6N2O6/c17-15(18,19)7-29-13(27)11(25)23-5-9-2-1-3-10(4-9)6-24-12(26)14(28)30-8-16(20,21)22/h1-4H,5-8H2,(H,23,25)(H,24,26). The van der Waals surface area contributed by atoms with Crippen LogP contribution in [0.5, 0.6) is 0 Å². The number of hydrogen-bond acceptors (Lipinski definition) is 6. The topological polar surface area (TPSA) is 111 Å². The van der Waals surface area contributed by atoms with Crippen molar-refractivity contribution in [2.75, 3.05) is 13.2 Å². The molecule has 1 aromatic carbocycles. The van der Waals surface area contributed by atoms with Gasteiger partial charge in [0.2, 0.25) is 0 Å². The second-order valence-electron chi connectivity index (χ2n) is 5.57. The number of amides is 2. The number of halogens is 6.